The molecule has 1 aromatic heterocycles. The van der Waals surface area contributed by atoms with Gasteiger partial charge in [-0.05, 0) is 38.0 Å². The van der Waals surface area contributed by atoms with Crippen LogP contribution in [-0.2, 0) is 17.6 Å². The topological polar surface area (TPSA) is 55.0 Å². The standard InChI is InChI=1S/C13H18N2O2S/c16-12-10-4-1-5-11(10)14-13(15-12)18-8-9-3-2-6-17-7-9/h9H,1-8H2,(H,14,15,16). The van der Waals surface area contributed by atoms with E-state index in [1.54, 1.807) is 11.8 Å². The molecule has 5 heteroatoms. The van der Waals surface area contributed by atoms with E-state index >= 15 is 0 Å². The van der Waals surface area contributed by atoms with E-state index in [2.05, 4.69) is 9.97 Å². The zero-order valence-electron chi connectivity index (χ0n) is 10.4. The second-order valence-electron chi connectivity index (χ2n) is 5.04. The molecule has 1 N–H and O–H groups in total. The fraction of sp³-hybridized carbons (Fsp3) is 0.692. The highest BCUT2D eigenvalue weighted by Crippen LogP contribution is 2.24. The number of aromatic amines is 1. The van der Waals surface area contributed by atoms with Crippen molar-refractivity contribution in [3.05, 3.63) is 21.6 Å². The summed E-state index contributed by atoms with van der Waals surface area (Å²) < 4.78 is 5.46. The molecule has 1 fully saturated rings. The summed E-state index contributed by atoms with van der Waals surface area (Å²) in [6, 6.07) is 0. The van der Waals surface area contributed by atoms with Gasteiger partial charge in [-0.3, -0.25) is 4.79 Å². The van der Waals surface area contributed by atoms with Crippen LogP contribution in [0.1, 0.15) is 30.5 Å². The zero-order valence-corrected chi connectivity index (χ0v) is 11.2. The number of rotatable bonds is 3. The van der Waals surface area contributed by atoms with Crippen LogP contribution in [0, 0.1) is 5.92 Å². The first-order valence-corrected chi connectivity index (χ1v) is 7.64. The number of hydrogen-bond donors (Lipinski definition) is 1. The first kappa shape index (κ1) is 12.2. The Morgan fingerprint density at radius 3 is 3.17 bits per heavy atom. The summed E-state index contributed by atoms with van der Waals surface area (Å²) in [5, 5.41) is 0.784. The summed E-state index contributed by atoms with van der Waals surface area (Å²) in [5.41, 5.74) is 1.99. The molecule has 18 heavy (non-hydrogen) atoms. The lowest BCUT2D eigenvalue weighted by molar-refractivity contribution is 0.0632. The van der Waals surface area contributed by atoms with E-state index in [0.29, 0.717) is 5.92 Å². The van der Waals surface area contributed by atoms with E-state index in [1.165, 1.54) is 6.42 Å². The van der Waals surface area contributed by atoms with Crippen molar-refractivity contribution in [2.45, 2.75) is 37.3 Å². The van der Waals surface area contributed by atoms with Crippen LogP contribution >= 0.6 is 11.8 Å². The molecule has 2 heterocycles. The fourth-order valence-electron chi connectivity index (χ4n) is 2.62. The third-order valence-corrected chi connectivity index (χ3v) is 4.73. The molecule has 0 radical (unpaired) electrons. The van der Waals surface area contributed by atoms with E-state index in [1.807, 2.05) is 0 Å². The number of fused-ring (bicyclic) bond motifs is 1. The molecule has 1 aliphatic heterocycles. The average molecular weight is 266 g/mol. The molecule has 0 spiro atoms. The number of H-pyrrole nitrogens is 1. The highest BCUT2D eigenvalue weighted by molar-refractivity contribution is 7.99. The maximum Gasteiger partial charge on any atom is 0.254 e. The van der Waals surface area contributed by atoms with Gasteiger partial charge in [0.05, 0.1) is 12.3 Å². The molecule has 1 aromatic rings. The van der Waals surface area contributed by atoms with Crippen molar-refractivity contribution in [1.82, 2.24) is 9.97 Å². The highest BCUT2D eigenvalue weighted by Gasteiger charge is 2.19. The minimum atomic E-state index is 0.0693. The maximum atomic E-state index is 11.8. The van der Waals surface area contributed by atoms with Crippen LogP contribution in [0.4, 0.5) is 0 Å². The quantitative estimate of drug-likeness (QED) is 0.669. The summed E-state index contributed by atoms with van der Waals surface area (Å²) in [7, 11) is 0. The summed E-state index contributed by atoms with van der Waals surface area (Å²) in [4.78, 5) is 19.3. The second-order valence-corrected chi connectivity index (χ2v) is 6.05. The minimum absolute atomic E-state index is 0.0693. The van der Waals surface area contributed by atoms with Gasteiger partial charge in [-0.15, -0.1) is 0 Å². The van der Waals surface area contributed by atoms with Crippen LogP contribution in [0.25, 0.3) is 0 Å². The molecule has 0 aromatic carbocycles. The normalized spacial score (nSPS) is 23.0. The molecule has 3 rings (SSSR count). The predicted octanol–water partition coefficient (Wildman–Crippen LogP) is 1.78. The molecule has 1 unspecified atom stereocenters. The van der Waals surface area contributed by atoms with E-state index in [4.69, 9.17) is 4.74 Å². The molecule has 4 nitrogen and oxygen atoms in total. The number of aryl methyl sites for hydroxylation is 1. The van der Waals surface area contributed by atoms with Crippen molar-refractivity contribution in [2.24, 2.45) is 5.92 Å². The van der Waals surface area contributed by atoms with Crippen LogP contribution in [0.5, 0.6) is 0 Å². The first-order chi connectivity index (χ1) is 8.83. The number of nitrogens with zero attached hydrogens (tertiary/aromatic N) is 1. The van der Waals surface area contributed by atoms with Gasteiger partial charge in [0, 0.05) is 17.9 Å². The van der Waals surface area contributed by atoms with Crippen molar-refractivity contribution >= 4 is 11.8 Å². The molecule has 1 saturated heterocycles. The fourth-order valence-corrected chi connectivity index (χ4v) is 3.62. The van der Waals surface area contributed by atoms with E-state index in [-0.39, 0.29) is 5.56 Å². The van der Waals surface area contributed by atoms with E-state index < -0.39 is 0 Å². The van der Waals surface area contributed by atoms with Gasteiger partial charge in [-0.25, -0.2) is 4.98 Å². The Balaban J connectivity index is 1.66. The number of hydrogen-bond acceptors (Lipinski definition) is 4. The molecule has 0 bridgehead atoms. The summed E-state index contributed by atoms with van der Waals surface area (Å²) in [5.74, 6) is 1.59. The lowest BCUT2D eigenvalue weighted by atomic mass is 10.1. The third-order valence-electron chi connectivity index (χ3n) is 3.63. The lowest BCUT2D eigenvalue weighted by Crippen LogP contribution is -2.20. The van der Waals surface area contributed by atoms with Crippen molar-refractivity contribution in [3.8, 4) is 0 Å². The van der Waals surface area contributed by atoms with Gasteiger partial charge in [0.1, 0.15) is 0 Å². The summed E-state index contributed by atoms with van der Waals surface area (Å²) in [6.07, 6.45) is 5.29. The Hall–Kier alpha value is -0.810. The molecule has 0 amide bonds. The average Bonchev–Trinajstić information content (AvgIpc) is 2.86. The van der Waals surface area contributed by atoms with Crippen molar-refractivity contribution < 1.29 is 4.74 Å². The van der Waals surface area contributed by atoms with Crippen LogP contribution in [0.3, 0.4) is 0 Å². The molecular weight excluding hydrogens is 248 g/mol. The Bertz CT molecular complexity index is 480. The molecule has 1 atom stereocenters. The van der Waals surface area contributed by atoms with Crippen LogP contribution in [0.15, 0.2) is 9.95 Å². The Kier molecular flexibility index (Phi) is 3.70. The second kappa shape index (κ2) is 5.45. The highest BCUT2D eigenvalue weighted by atomic mass is 32.2. The molecule has 98 valence electrons. The minimum Gasteiger partial charge on any atom is -0.381 e. The lowest BCUT2D eigenvalue weighted by Gasteiger charge is -2.21. The number of thioether (sulfide) groups is 1. The van der Waals surface area contributed by atoms with Gasteiger partial charge in [-0.2, -0.15) is 0 Å². The Morgan fingerprint density at radius 2 is 2.33 bits per heavy atom. The zero-order chi connectivity index (χ0) is 12.4. The van der Waals surface area contributed by atoms with Gasteiger partial charge in [0.25, 0.3) is 5.56 Å². The van der Waals surface area contributed by atoms with Gasteiger partial charge >= 0.3 is 0 Å². The number of ether oxygens (including phenoxy) is 1. The van der Waals surface area contributed by atoms with Gasteiger partial charge in [0.2, 0.25) is 0 Å². The maximum absolute atomic E-state index is 11.8. The van der Waals surface area contributed by atoms with Gasteiger partial charge in [0.15, 0.2) is 5.16 Å². The number of nitrogens with one attached hydrogen (secondary N) is 1. The van der Waals surface area contributed by atoms with Crippen molar-refractivity contribution in [1.29, 1.82) is 0 Å². The SMILES string of the molecule is O=c1[nH]c(SCC2CCCOC2)nc2c1CCC2. The van der Waals surface area contributed by atoms with Crippen molar-refractivity contribution in [3.63, 3.8) is 0 Å². The van der Waals surface area contributed by atoms with Crippen LogP contribution in [0.2, 0.25) is 0 Å². The Labute approximate surface area is 111 Å². The molecular formula is C13H18N2O2S. The van der Waals surface area contributed by atoms with Crippen LogP contribution < -0.4 is 5.56 Å². The first-order valence-electron chi connectivity index (χ1n) is 6.65. The van der Waals surface area contributed by atoms with Crippen LogP contribution in [-0.4, -0.2) is 28.9 Å². The molecule has 0 saturated carbocycles. The molecule has 1 aliphatic carbocycles. The third kappa shape index (κ3) is 2.62. The number of aromatic nitrogens is 2. The summed E-state index contributed by atoms with van der Waals surface area (Å²) in [6.45, 7) is 1.75. The van der Waals surface area contributed by atoms with E-state index in [0.717, 1.165) is 61.1 Å². The van der Waals surface area contributed by atoms with Crippen molar-refractivity contribution in [2.75, 3.05) is 19.0 Å². The molecule has 2 aliphatic rings. The van der Waals surface area contributed by atoms with E-state index in [9.17, 15) is 4.79 Å². The largest absolute Gasteiger partial charge is 0.381 e. The summed E-state index contributed by atoms with van der Waals surface area (Å²) >= 11 is 1.66. The van der Waals surface area contributed by atoms with Gasteiger partial charge < -0.3 is 9.72 Å². The predicted molar refractivity (Wildman–Crippen MR) is 71.1 cm³/mol. The smallest absolute Gasteiger partial charge is 0.254 e. The Morgan fingerprint density at radius 1 is 1.39 bits per heavy atom. The van der Waals surface area contributed by atoms with Gasteiger partial charge in [-0.1, -0.05) is 11.8 Å². The monoisotopic (exact) mass is 266 g/mol.